The number of nitrogens with zero attached hydrogens (tertiary/aromatic N) is 2. The van der Waals surface area contributed by atoms with E-state index >= 15 is 0 Å². The number of aliphatic hydroxyl groups excluding tert-OH is 1. The third kappa shape index (κ3) is 1.88. The maximum Gasteiger partial charge on any atom is 0.274 e. The Morgan fingerprint density at radius 2 is 2.44 bits per heavy atom. The molecular weight excluding hydrogens is 208 g/mol. The van der Waals surface area contributed by atoms with E-state index in [1.807, 2.05) is 0 Å². The van der Waals surface area contributed by atoms with Crippen molar-refractivity contribution in [2.45, 2.75) is 25.3 Å². The van der Waals surface area contributed by atoms with Crippen molar-refractivity contribution in [2.24, 2.45) is 0 Å². The third-order valence-electron chi connectivity index (χ3n) is 3.00. The molecule has 1 aromatic rings. The van der Waals surface area contributed by atoms with E-state index in [4.69, 9.17) is 10.8 Å². The number of nitrogens with two attached hydrogens (primary N) is 1. The van der Waals surface area contributed by atoms with Crippen LogP contribution < -0.4 is 5.73 Å². The van der Waals surface area contributed by atoms with Gasteiger partial charge in [-0.1, -0.05) is 0 Å². The first-order valence-corrected chi connectivity index (χ1v) is 5.44. The number of carbonyl (C=O) groups excluding carboxylic acids is 1. The number of hydrogen-bond donors (Lipinski definition) is 3. The van der Waals surface area contributed by atoms with E-state index in [2.05, 4.69) is 10.2 Å². The van der Waals surface area contributed by atoms with Gasteiger partial charge >= 0.3 is 0 Å². The SMILES string of the molecule is Nc1cn[nH]c1C(=O)N(CCO)C1CCC1. The van der Waals surface area contributed by atoms with E-state index in [1.165, 1.54) is 6.20 Å². The van der Waals surface area contributed by atoms with Crippen LogP contribution in [-0.2, 0) is 0 Å². The zero-order valence-corrected chi connectivity index (χ0v) is 9.02. The predicted octanol–water partition coefficient (Wildman–Crippen LogP) is -0.0211. The highest BCUT2D eigenvalue weighted by Gasteiger charge is 2.30. The van der Waals surface area contributed by atoms with Crippen LogP contribution in [0, 0.1) is 0 Å². The quantitative estimate of drug-likeness (QED) is 0.669. The van der Waals surface area contributed by atoms with Gasteiger partial charge in [-0.25, -0.2) is 0 Å². The lowest BCUT2D eigenvalue weighted by atomic mass is 9.91. The van der Waals surface area contributed by atoms with Gasteiger partial charge in [-0.3, -0.25) is 9.89 Å². The number of amides is 1. The molecule has 0 aliphatic heterocycles. The number of aliphatic hydroxyl groups is 1. The molecule has 1 aromatic heterocycles. The molecule has 88 valence electrons. The number of hydrogen-bond acceptors (Lipinski definition) is 4. The van der Waals surface area contributed by atoms with Crippen molar-refractivity contribution < 1.29 is 9.90 Å². The van der Waals surface area contributed by atoms with Crippen LogP contribution in [0.3, 0.4) is 0 Å². The summed E-state index contributed by atoms with van der Waals surface area (Å²) in [4.78, 5) is 13.8. The molecule has 16 heavy (non-hydrogen) atoms. The molecule has 1 aliphatic carbocycles. The standard InChI is InChI=1S/C10H16N4O2/c11-8-6-12-13-9(8)10(16)14(4-5-15)7-2-1-3-7/h6-7,15H,1-5,11H2,(H,12,13). The number of aromatic nitrogens is 2. The molecule has 1 saturated carbocycles. The lowest BCUT2D eigenvalue weighted by molar-refractivity contribution is 0.0521. The van der Waals surface area contributed by atoms with Gasteiger partial charge in [0.05, 0.1) is 18.5 Å². The summed E-state index contributed by atoms with van der Waals surface area (Å²) in [6.45, 7) is 0.318. The van der Waals surface area contributed by atoms with Crippen LogP contribution in [0.5, 0.6) is 0 Å². The van der Waals surface area contributed by atoms with E-state index in [9.17, 15) is 4.79 Å². The number of nitrogens with one attached hydrogen (secondary N) is 1. The van der Waals surface area contributed by atoms with Gasteiger partial charge in [0.25, 0.3) is 5.91 Å². The molecule has 0 aromatic carbocycles. The topological polar surface area (TPSA) is 95.2 Å². The van der Waals surface area contributed by atoms with Crippen LogP contribution in [0.15, 0.2) is 6.20 Å². The van der Waals surface area contributed by atoms with Crippen molar-refractivity contribution in [2.75, 3.05) is 18.9 Å². The summed E-state index contributed by atoms with van der Waals surface area (Å²) in [5.74, 6) is -0.172. The van der Waals surface area contributed by atoms with Crippen LogP contribution >= 0.6 is 0 Å². The van der Waals surface area contributed by atoms with Gasteiger partial charge in [0, 0.05) is 12.6 Å². The normalized spacial score (nSPS) is 15.8. The lowest BCUT2D eigenvalue weighted by Gasteiger charge is -2.37. The summed E-state index contributed by atoms with van der Waals surface area (Å²) in [5, 5.41) is 15.3. The Labute approximate surface area is 93.4 Å². The first-order chi connectivity index (χ1) is 7.74. The zero-order chi connectivity index (χ0) is 11.5. The molecule has 6 nitrogen and oxygen atoms in total. The molecule has 0 bridgehead atoms. The second kappa shape index (κ2) is 4.52. The Balaban J connectivity index is 2.13. The summed E-state index contributed by atoms with van der Waals surface area (Å²) in [7, 11) is 0. The average Bonchev–Trinajstić information content (AvgIpc) is 2.60. The van der Waals surface area contributed by atoms with Crippen molar-refractivity contribution in [3.8, 4) is 0 Å². The van der Waals surface area contributed by atoms with Crippen molar-refractivity contribution >= 4 is 11.6 Å². The van der Waals surface area contributed by atoms with E-state index in [0.29, 0.717) is 17.9 Å². The fourth-order valence-electron chi connectivity index (χ4n) is 1.87. The molecular formula is C10H16N4O2. The zero-order valence-electron chi connectivity index (χ0n) is 9.02. The van der Waals surface area contributed by atoms with E-state index in [1.54, 1.807) is 4.90 Å². The van der Waals surface area contributed by atoms with Crippen LogP contribution in [0.2, 0.25) is 0 Å². The Morgan fingerprint density at radius 1 is 1.69 bits per heavy atom. The first-order valence-electron chi connectivity index (χ1n) is 5.44. The molecule has 4 N–H and O–H groups in total. The van der Waals surface area contributed by atoms with Gasteiger partial charge in [0.15, 0.2) is 0 Å². The molecule has 6 heteroatoms. The fraction of sp³-hybridized carbons (Fsp3) is 0.600. The maximum atomic E-state index is 12.1. The fourth-order valence-corrected chi connectivity index (χ4v) is 1.87. The van der Waals surface area contributed by atoms with E-state index in [-0.39, 0.29) is 18.6 Å². The van der Waals surface area contributed by atoms with Crippen molar-refractivity contribution in [1.29, 1.82) is 0 Å². The minimum atomic E-state index is -0.172. The summed E-state index contributed by atoms with van der Waals surface area (Å²) in [6.07, 6.45) is 4.56. The Kier molecular flexibility index (Phi) is 3.09. The smallest absolute Gasteiger partial charge is 0.274 e. The van der Waals surface area contributed by atoms with Crippen molar-refractivity contribution in [1.82, 2.24) is 15.1 Å². The molecule has 0 unspecified atom stereocenters. The highest BCUT2D eigenvalue weighted by atomic mass is 16.3. The average molecular weight is 224 g/mol. The second-order valence-electron chi connectivity index (χ2n) is 4.01. The molecule has 1 amide bonds. The first kappa shape index (κ1) is 10.9. The van der Waals surface area contributed by atoms with Gasteiger partial charge in [0.1, 0.15) is 5.69 Å². The van der Waals surface area contributed by atoms with Crippen molar-refractivity contribution in [3.05, 3.63) is 11.9 Å². The van der Waals surface area contributed by atoms with Crippen LogP contribution in [-0.4, -0.2) is 45.3 Å². The molecule has 2 rings (SSSR count). The van der Waals surface area contributed by atoms with E-state index in [0.717, 1.165) is 19.3 Å². The highest BCUT2D eigenvalue weighted by Crippen LogP contribution is 2.26. The number of anilines is 1. The maximum absolute atomic E-state index is 12.1. The number of carbonyl (C=O) groups is 1. The number of aromatic amines is 1. The molecule has 0 saturated heterocycles. The van der Waals surface area contributed by atoms with E-state index < -0.39 is 0 Å². The monoisotopic (exact) mass is 224 g/mol. The summed E-state index contributed by atoms with van der Waals surface area (Å²) in [6, 6.07) is 0.238. The second-order valence-corrected chi connectivity index (χ2v) is 4.01. The highest BCUT2D eigenvalue weighted by molar-refractivity contribution is 5.97. The van der Waals surface area contributed by atoms with Gasteiger partial charge < -0.3 is 15.7 Å². The molecule has 0 spiro atoms. The molecule has 1 heterocycles. The number of nitrogen functional groups attached to an aromatic ring is 1. The number of H-pyrrole nitrogens is 1. The van der Waals surface area contributed by atoms with Crippen LogP contribution in [0.1, 0.15) is 29.8 Å². The minimum Gasteiger partial charge on any atom is -0.396 e. The minimum absolute atomic E-state index is 0.0315. The largest absolute Gasteiger partial charge is 0.396 e. The predicted molar refractivity (Wildman–Crippen MR) is 58.8 cm³/mol. The Hall–Kier alpha value is -1.56. The summed E-state index contributed by atoms with van der Waals surface area (Å²) in [5.41, 5.74) is 6.31. The molecule has 1 fully saturated rings. The number of rotatable bonds is 4. The third-order valence-corrected chi connectivity index (χ3v) is 3.00. The van der Waals surface area contributed by atoms with Crippen LogP contribution in [0.25, 0.3) is 0 Å². The van der Waals surface area contributed by atoms with Crippen LogP contribution in [0.4, 0.5) is 5.69 Å². The van der Waals surface area contributed by atoms with Crippen molar-refractivity contribution in [3.63, 3.8) is 0 Å². The summed E-state index contributed by atoms with van der Waals surface area (Å²) < 4.78 is 0. The van der Waals surface area contributed by atoms with Gasteiger partial charge in [-0.2, -0.15) is 5.10 Å². The summed E-state index contributed by atoms with van der Waals surface area (Å²) >= 11 is 0. The molecule has 0 atom stereocenters. The van der Waals surface area contributed by atoms with Gasteiger partial charge in [-0.05, 0) is 19.3 Å². The lowest BCUT2D eigenvalue weighted by Crippen LogP contribution is -2.45. The Morgan fingerprint density at radius 3 is 2.88 bits per heavy atom. The van der Waals surface area contributed by atoms with Gasteiger partial charge in [0.2, 0.25) is 0 Å². The Bertz CT molecular complexity index is 373. The molecule has 1 aliphatic rings. The molecule has 0 radical (unpaired) electrons. The van der Waals surface area contributed by atoms with Gasteiger partial charge in [-0.15, -0.1) is 0 Å².